The van der Waals surface area contributed by atoms with E-state index >= 15 is 0 Å². The zero-order chi connectivity index (χ0) is 12.9. The molecule has 17 heavy (non-hydrogen) atoms. The Labute approximate surface area is 111 Å². The minimum atomic E-state index is -3.03. The van der Waals surface area contributed by atoms with Crippen LogP contribution in [0.5, 0.6) is 0 Å². The summed E-state index contributed by atoms with van der Waals surface area (Å²) >= 11 is 5.56. The summed E-state index contributed by atoms with van der Waals surface area (Å²) in [6, 6.07) is 0. The summed E-state index contributed by atoms with van der Waals surface area (Å²) < 4.78 is 25.7. The van der Waals surface area contributed by atoms with Crippen molar-refractivity contribution in [3.63, 3.8) is 0 Å². The van der Waals surface area contributed by atoms with E-state index in [2.05, 4.69) is 13.8 Å². The van der Waals surface area contributed by atoms with E-state index in [1.165, 1.54) is 0 Å². The fourth-order valence-electron chi connectivity index (χ4n) is 2.33. The Kier molecular flexibility index (Phi) is 6.24. The van der Waals surface area contributed by atoms with Crippen LogP contribution in [0, 0.1) is 11.8 Å². The molecule has 5 heteroatoms. The van der Waals surface area contributed by atoms with Crippen LogP contribution in [0.2, 0.25) is 0 Å². The monoisotopic (exact) mass is 281 g/mol. The van der Waals surface area contributed by atoms with Gasteiger partial charge >= 0.3 is 0 Å². The lowest BCUT2D eigenvalue weighted by Crippen LogP contribution is -2.40. The molecule has 0 bridgehead atoms. The van der Waals surface area contributed by atoms with E-state index < -0.39 is 10.0 Å². The van der Waals surface area contributed by atoms with Gasteiger partial charge in [0.15, 0.2) is 0 Å². The van der Waals surface area contributed by atoms with Gasteiger partial charge in [0.05, 0.1) is 5.75 Å². The average Bonchev–Trinajstić information content (AvgIpc) is 2.29. The maximum atomic E-state index is 12.0. The first-order valence-corrected chi connectivity index (χ1v) is 8.65. The molecular formula is C12H24ClNO2S. The van der Waals surface area contributed by atoms with Crippen molar-refractivity contribution in [2.45, 2.75) is 39.5 Å². The van der Waals surface area contributed by atoms with Crippen molar-refractivity contribution < 1.29 is 8.42 Å². The highest BCUT2D eigenvalue weighted by Gasteiger charge is 2.28. The van der Waals surface area contributed by atoms with Gasteiger partial charge in [-0.25, -0.2) is 12.7 Å². The van der Waals surface area contributed by atoms with Crippen LogP contribution < -0.4 is 0 Å². The number of halogens is 1. The van der Waals surface area contributed by atoms with Crippen molar-refractivity contribution in [3.8, 4) is 0 Å². The van der Waals surface area contributed by atoms with Crippen LogP contribution >= 0.6 is 11.6 Å². The maximum absolute atomic E-state index is 12.0. The van der Waals surface area contributed by atoms with Crippen molar-refractivity contribution in [2.24, 2.45) is 11.8 Å². The normalized spacial score (nSPS) is 20.0. The molecule has 0 aromatic carbocycles. The van der Waals surface area contributed by atoms with Gasteiger partial charge < -0.3 is 0 Å². The highest BCUT2D eigenvalue weighted by Crippen LogP contribution is 2.26. The first-order valence-electron chi connectivity index (χ1n) is 6.51. The molecule has 0 spiro atoms. The number of hydrogen-bond acceptors (Lipinski definition) is 2. The third-order valence-corrected chi connectivity index (χ3v) is 5.84. The van der Waals surface area contributed by atoms with E-state index in [4.69, 9.17) is 11.6 Å². The Balaban J connectivity index is 2.41. The number of nitrogens with zero attached hydrogens (tertiary/aromatic N) is 1. The van der Waals surface area contributed by atoms with Crippen LogP contribution in [0.3, 0.4) is 0 Å². The van der Waals surface area contributed by atoms with Gasteiger partial charge in [0.1, 0.15) is 0 Å². The second-order valence-corrected chi connectivity index (χ2v) is 7.66. The number of alkyl halides is 1. The smallest absolute Gasteiger partial charge is 0.212 e. The lowest BCUT2D eigenvalue weighted by molar-refractivity contribution is 0.226. The van der Waals surface area contributed by atoms with Gasteiger partial charge in [0, 0.05) is 19.0 Å². The van der Waals surface area contributed by atoms with E-state index in [1.54, 1.807) is 4.31 Å². The molecule has 0 radical (unpaired) electrons. The molecule has 0 N–H and O–H groups in total. The molecule has 1 rings (SSSR count). The van der Waals surface area contributed by atoms with Gasteiger partial charge in [-0.15, -0.1) is 11.6 Å². The Morgan fingerprint density at radius 1 is 1.24 bits per heavy atom. The zero-order valence-corrected chi connectivity index (χ0v) is 12.4. The average molecular weight is 282 g/mol. The first kappa shape index (κ1) is 15.3. The maximum Gasteiger partial charge on any atom is 0.214 e. The van der Waals surface area contributed by atoms with Gasteiger partial charge in [0.2, 0.25) is 10.0 Å². The summed E-state index contributed by atoms with van der Waals surface area (Å²) in [5.41, 5.74) is 0. The number of unbranched alkanes of at least 4 members (excludes halogenated alkanes) is 1. The molecule has 1 aliphatic rings. The Bertz CT molecular complexity index is 308. The molecule has 0 aromatic rings. The van der Waals surface area contributed by atoms with Crippen LogP contribution in [0.4, 0.5) is 0 Å². The standard InChI is InChI=1S/C12H24ClNO2S/c1-11(2)12-5-8-14(9-6-12)17(15,16)10-4-3-7-13/h11-12H,3-10H2,1-2H3. The van der Waals surface area contributed by atoms with Crippen LogP contribution in [0.25, 0.3) is 0 Å². The van der Waals surface area contributed by atoms with Crippen molar-refractivity contribution in [3.05, 3.63) is 0 Å². The molecule has 0 atom stereocenters. The summed E-state index contributed by atoms with van der Waals surface area (Å²) in [7, 11) is -3.03. The molecule has 0 saturated carbocycles. The molecule has 0 aromatic heterocycles. The Morgan fingerprint density at radius 3 is 2.29 bits per heavy atom. The number of rotatable bonds is 6. The summed E-state index contributed by atoms with van der Waals surface area (Å²) in [5.74, 6) is 2.15. The summed E-state index contributed by atoms with van der Waals surface area (Å²) in [6.07, 6.45) is 3.47. The van der Waals surface area contributed by atoms with Crippen LogP contribution in [-0.4, -0.2) is 37.4 Å². The predicted molar refractivity (Wildman–Crippen MR) is 72.9 cm³/mol. The second-order valence-electron chi connectivity index (χ2n) is 5.19. The first-order chi connectivity index (χ1) is 7.97. The Morgan fingerprint density at radius 2 is 1.82 bits per heavy atom. The van der Waals surface area contributed by atoms with Crippen molar-refractivity contribution in [1.82, 2.24) is 4.31 Å². The second kappa shape index (κ2) is 6.95. The van der Waals surface area contributed by atoms with Gasteiger partial charge in [-0.1, -0.05) is 13.8 Å². The van der Waals surface area contributed by atoms with Crippen molar-refractivity contribution in [1.29, 1.82) is 0 Å². The quantitative estimate of drug-likeness (QED) is 0.554. The molecule has 3 nitrogen and oxygen atoms in total. The lowest BCUT2D eigenvalue weighted by atomic mass is 9.87. The molecular weight excluding hydrogens is 258 g/mol. The van der Waals surface area contributed by atoms with Crippen molar-refractivity contribution in [2.75, 3.05) is 24.7 Å². The molecule has 0 aliphatic carbocycles. The van der Waals surface area contributed by atoms with Crippen LogP contribution in [-0.2, 0) is 10.0 Å². The highest BCUT2D eigenvalue weighted by atomic mass is 35.5. The van der Waals surface area contributed by atoms with Gasteiger partial charge in [-0.3, -0.25) is 0 Å². The number of hydrogen-bond donors (Lipinski definition) is 0. The van der Waals surface area contributed by atoms with E-state index in [0.29, 0.717) is 37.2 Å². The fraction of sp³-hybridized carbons (Fsp3) is 1.00. The minimum absolute atomic E-state index is 0.256. The number of piperidine rings is 1. The predicted octanol–water partition coefficient (Wildman–Crippen LogP) is 2.70. The van der Waals surface area contributed by atoms with Crippen molar-refractivity contribution >= 4 is 21.6 Å². The zero-order valence-electron chi connectivity index (χ0n) is 10.9. The van der Waals surface area contributed by atoms with E-state index in [0.717, 1.165) is 19.3 Å². The largest absolute Gasteiger partial charge is 0.214 e. The topological polar surface area (TPSA) is 37.4 Å². The number of sulfonamides is 1. The molecule has 102 valence electrons. The van der Waals surface area contributed by atoms with E-state index in [9.17, 15) is 8.42 Å². The lowest BCUT2D eigenvalue weighted by Gasteiger charge is -2.33. The Hall–Kier alpha value is 0.200. The SMILES string of the molecule is CC(C)C1CCN(S(=O)(=O)CCCCCl)CC1. The van der Waals surface area contributed by atoms with E-state index in [-0.39, 0.29) is 5.75 Å². The molecule has 0 unspecified atom stereocenters. The summed E-state index contributed by atoms with van der Waals surface area (Å²) in [5, 5.41) is 0. The third-order valence-electron chi connectivity index (χ3n) is 3.62. The molecule has 0 amide bonds. The fourth-order valence-corrected chi connectivity index (χ4v) is 4.11. The molecule has 1 aliphatic heterocycles. The van der Waals surface area contributed by atoms with Gasteiger partial charge in [-0.05, 0) is 37.5 Å². The molecule has 1 fully saturated rings. The van der Waals surface area contributed by atoms with E-state index in [1.807, 2.05) is 0 Å². The molecule has 1 heterocycles. The van der Waals surface area contributed by atoms with Gasteiger partial charge in [-0.2, -0.15) is 0 Å². The van der Waals surface area contributed by atoms with Crippen LogP contribution in [0.1, 0.15) is 39.5 Å². The van der Waals surface area contributed by atoms with Crippen LogP contribution in [0.15, 0.2) is 0 Å². The summed E-state index contributed by atoms with van der Waals surface area (Å²) in [4.78, 5) is 0. The minimum Gasteiger partial charge on any atom is -0.212 e. The highest BCUT2D eigenvalue weighted by molar-refractivity contribution is 7.89. The third kappa shape index (κ3) is 4.76. The summed E-state index contributed by atoms with van der Waals surface area (Å²) in [6.45, 7) is 5.84. The van der Waals surface area contributed by atoms with Gasteiger partial charge in [0.25, 0.3) is 0 Å². The molecule has 1 saturated heterocycles.